The van der Waals surface area contributed by atoms with Crippen LogP contribution in [0.15, 0.2) is 76.9 Å². The molecule has 0 unspecified atom stereocenters. The maximum atomic E-state index is 13.0. The summed E-state index contributed by atoms with van der Waals surface area (Å²) in [7, 11) is 0. The molecule has 8 heteroatoms. The summed E-state index contributed by atoms with van der Waals surface area (Å²) in [6.07, 6.45) is 1.55. The van der Waals surface area contributed by atoms with E-state index in [1.165, 1.54) is 12.1 Å². The van der Waals surface area contributed by atoms with Crippen LogP contribution in [-0.2, 0) is 11.4 Å². The zero-order chi connectivity index (χ0) is 22.0. The Hall–Kier alpha value is -3.16. The average Bonchev–Trinajstić information content (AvgIpc) is 3.02. The van der Waals surface area contributed by atoms with E-state index >= 15 is 0 Å². The van der Waals surface area contributed by atoms with Crippen molar-refractivity contribution >= 4 is 51.2 Å². The number of carbonyl (C=O) groups excluding carboxylic acids is 2. The van der Waals surface area contributed by atoms with Crippen LogP contribution in [0, 0.1) is 5.82 Å². The molecule has 3 amide bonds. The van der Waals surface area contributed by atoms with Gasteiger partial charge in [-0.15, -0.1) is 0 Å². The van der Waals surface area contributed by atoms with Crippen LogP contribution in [0.3, 0.4) is 0 Å². The molecule has 0 bridgehead atoms. The van der Waals surface area contributed by atoms with Crippen molar-refractivity contribution in [2.75, 3.05) is 4.90 Å². The van der Waals surface area contributed by atoms with Crippen LogP contribution in [0.2, 0.25) is 5.02 Å². The van der Waals surface area contributed by atoms with Crippen molar-refractivity contribution < 1.29 is 18.7 Å². The van der Waals surface area contributed by atoms with Gasteiger partial charge in [-0.25, -0.2) is 14.1 Å². The number of carbonyl (C=O) groups is 2. The Morgan fingerprint density at radius 1 is 1.06 bits per heavy atom. The molecule has 5 nitrogen and oxygen atoms in total. The van der Waals surface area contributed by atoms with Crippen molar-refractivity contribution in [1.82, 2.24) is 5.32 Å². The lowest BCUT2D eigenvalue weighted by molar-refractivity contribution is -0.113. The highest BCUT2D eigenvalue weighted by Gasteiger charge is 2.34. The number of urea groups is 1. The second kappa shape index (κ2) is 8.91. The highest BCUT2D eigenvalue weighted by molar-refractivity contribution is 9.10. The Morgan fingerprint density at radius 2 is 1.77 bits per heavy atom. The average molecular weight is 502 g/mol. The molecule has 31 heavy (non-hydrogen) atoms. The molecular weight excluding hydrogens is 487 g/mol. The minimum Gasteiger partial charge on any atom is -0.486 e. The van der Waals surface area contributed by atoms with Gasteiger partial charge in [-0.1, -0.05) is 41.9 Å². The van der Waals surface area contributed by atoms with E-state index < -0.39 is 11.9 Å². The van der Waals surface area contributed by atoms with Crippen LogP contribution in [0.4, 0.5) is 14.9 Å². The molecule has 0 atom stereocenters. The molecule has 1 N–H and O–H groups in total. The molecular formula is C23H15BrClFN2O3. The molecule has 0 aliphatic carbocycles. The molecule has 3 aromatic carbocycles. The largest absolute Gasteiger partial charge is 0.486 e. The number of imide groups is 1. The Balaban J connectivity index is 1.54. The predicted molar refractivity (Wildman–Crippen MR) is 120 cm³/mol. The molecule has 3 aromatic rings. The molecule has 1 aliphatic rings. The molecule has 1 heterocycles. The number of hydrogen-bond donors (Lipinski definition) is 1. The molecule has 0 radical (unpaired) electrons. The molecule has 1 fully saturated rings. The zero-order valence-electron chi connectivity index (χ0n) is 15.9. The standard InChI is InChI=1S/C23H15BrClFN2O3/c24-18-10-15(11-19(25)21(18)31-13-14-6-8-16(26)9-7-14)12-20-22(29)28(23(30)27-20)17-4-2-1-3-5-17/h1-12H,13H2,(H,27,30)/b20-12+. The number of rotatable bonds is 5. The Morgan fingerprint density at radius 3 is 2.45 bits per heavy atom. The van der Waals surface area contributed by atoms with E-state index in [2.05, 4.69) is 21.2 Å². The van der Waals surface area contributed by atoms with Crippen LogP contribution < -0.4 is 15.0 Å². The summed E-state index contributed by atoms with van der Waals surface area (Å²) in [5, 5.41) is 2.90. The Bertz CT molecular complexity index is 1160. The first-order valence-corrected chi connectivity index (χ1v) is 10.4. The van der Waals surface area contributed by atoms with E-state index in [0.717, 1.165) is 10.5 Å². The molecule has 4 rings (SSSR count). The van der Waals surface area contributed by atoms with Crippen molar-refractivity contribution in [3.8, 4) is 5.75 Å². The van der Waals surface area contributed by atoms with Gasteiger partial charge in [0, 0.05) is 0 Å². The van der Waals surface area contributed by atoms with E-state index in [1.54, 1.807) is 60.7 Å². The maximum Gasteiger partial charge on any atom is 0.333 e. The molecule has 1 aliphatic heterocycles. The van der Waals surface area contributed by atoms with Gasteiger partial charge in [0.2, 0.25) is 0 Å². The number of halogens is 3. The lowest BCUT2D eigenvalue weighted by atomic mass is 10.1. The van der Waals surface area contributed by atoms with Gasteiger partial charge in [-0.2, -0.15) is 0 Å². The zero-order valence-corrected chi connectivity index (χ0v) is 18.3. The summed E-state index contributed by atoms with van der Waals surface area (Å²) in [5.74, 6) is -0.361. The molecule has 0 saturated carbocycles. The molecule has 1 saturated heterocycles. The fourth-order valence-corrected chi connectivity index (χ4v) is 4.04. The van der Waals surface area contributed by atoms with Gasteiger partial charge in [0.1, 0.15) is 18.1 Å². The highest BCUT2D eigenvalue weighted by atomic mass is 79.9. The number of benzene rings is 3. The number of hydrogen-bond acceptors (Lipinski definition) is 3. The fourth-order valence-electron chi connectivity index (χ4n) is 3.05. The van der Waals surface area contributed by atoms with Gasteiger partial charge in [-0.05, 0) is 69.5 Å². The quantitative estimate of drug-likeness (QED) is 0.349. The third-order valence-corrected chi connectivity index (χ3v) is 5.39. The molecule has 0 spiro atoms. The summed E-state index contributed by atoms with van der Waals surface area (Å²) in [5.41, 5.74) is 2.01. The Kier molecular flexibility index (Phi) is 6.06. The second-order valence-electron chi connectivity index (χ2n) is 6.69. The molecule has 156 valence electrons. The maximum absolute atomic E-state index is 13.0. The minimum absolute atomic E-state index is 0.136. The van der Waals surface area contributed by atoms with Crippen molar-refractivity contribution in [3.63, 3.8) is 0 Å². The summed E-state index contributed by atoms with van der Waals surface area (Å²) >= 11 is 9.80. The van der Waals surface area contributed by atoms with E-state index in [9.17, 15) is 14.0 Å². The lowest BCUT2D eigenvalue weighted by Crippen LogP contribution is -2.30. The number of nitrogens with one attached hydrogen (secondary N) is 1. The normalized spacial score (nSPS) is 14.8. The summed E-state index contributed by atoms with van der Waals surface area (Å²) in [6.45, 7) is 0.208. The van der Waals surface area contributed by atoms with Gasteiger partial charge in [0.15, 0.2) is 5.75 Å². The lowest BCUT2D eigenvalue weighted by Gasteiger charge is -2.12. The topological polar surface area (TPSA) is 58.6 Å². The number of nitrogens with zero attached hydrogens (tertiary/aromatic N) is 1. The number of ether oxygens (including phenoxy) is 1. The first kappa shape index (κ1) is 21.1. The third-order valence-electron chi connectivity index (χ3n) is 4.52. The summed E-state index contributed by atoms with van der Waals surface area (Å²) < 4.78 is 19.4. The van der Waals surface area contributed by atoms with Crippen LogP contribution in [0.25, 0.3) is 6.08 Å². The van der Waals surface area contributed by atoms with E-state index in [0.29, 0.717) is 26.5 Å². The van der Waals surface area contributed by atoms with Gasteiger partial charge in [0.25, 0.3) is 5.91 Å². The van der Waals surface area contributed by atoms with Crippen LogP contribution >= 0.6 is 27.5 Å². The van der Waals surface area contributed by atoms with Crippen molar-refractivity contribution in [2.45, 2.75) is 6.61 Å². The van der Waals surface area contributed by atoms with E-state index in [1.807, 2.05) is 0 Å². The van der Waals surface area contributed by atoms with Crippen LogP contribution in [-0.4, -0.2) is 11.9 Å². The first-order chi connectivity index (χ1) is 14.9. The minimum atomic E-state index is -0.521. The van der Waals surface area contributed by atoms with Gasteiger partial charge >= 0.3 is 6.03 Å². The molecule has 0 aromatic heterocycles. The van der Waals surface area contributed by atoms with Gasteiger partial charge < -0.3 is 10.1 Å². The second-order valence-corrected chi connectivity index (χ2v) is 7.95. The summed E-state index contributed by atoms with van der Waals surface area (Å²) in [4.78, 5) is 26.1. The van der Waals surface area contributed by atoms with Crippen LogP contribution in [0.5, 0.6) is 5.75 Å². The van der Waals surface area contributed by atoms with E-state index in [-0.39, 0.29) is 18.1 Å². The SMILES string of the molecule is O=C1N/C(=C/c2cc(Cl)c(OCc3ccc(F)cc3)c(Br)c2)C(=O)N1c1ccccc1. The number of anilines is 1. The third kappa shape index (κ3) is 4.62. The number of amides is 3. The van der Waals surface area contributed by atoms with Crippen LogP contribution in [0.1, 0.15) is 11.1 Å². The Labute approximate surface area is 191 Å². The van der Waals surface area contributed by atoms with Crippen molar-refractivity contribution in [2.24, 2.45) is 0 Å². The fraction of sp³-hybridized carbons (Fsp3) is 0.0435. The van der Waals surface area contributed by atoms with Crippen molar-refractivity contribution in [3.05, 3.63) is 98.9 Å². The first-order valence-electron chi connectivity index (χ1n) is 9.21. The van der Waals surface area contributed by atoms with Gasteiger partial charge in [0.05, 0.1) is 15.2 Å². The smallest absolute Gasteiger partial charge is 0.333 e. The monoisotopic (exact) mass is 500 g/mol. The van der Waals surface area contributed by atoms with Crippen molar-refractivity contribution in [1.29, 1.82) is 0 Å². The number of para-hydroxylation sites is 1. The summed E-state index contributed by atoms with van der Waals surface area (Å²) in [6, 6.07) is 17.5. The van der Waals surface area contributed by atoms with Gasteiger partial charge in [-0.3, -0.25) is 4.79 Å². The predicted octanol–water partition coefficient (Wildman–Crippen LogP) is 5.92. The highest BCUT2D eigenvalue weighted by Crippen LogP contribution is 2.36. The van der Waals surface area contributed by atoms with E-state index in [4.69, 9.17) is 16.3 Å².